The summed E-state index contributed by atoms with van der Waals surface area (Å²) in [7, 11) is 0. The number of piperidine rings is 1. The maximum Gasteiger partial charge on any atom is 0.252 e. The minimum Gasteiger partial charge on any atom is -0.376 e. The maximum absolute atomic E-state index is 12.8. The second kappa shape index (κ2) is 7.62. The number of benzene rings is 1. The molecule has 2 aromatic rings. The summed E-state index contributed by atoms with van der Waals surface area (Å²) >= 11 is 0. The highest BCUT2D eigenvalue weighted by atomic mass is 16.5. The lowest BCUT2D eigenvalue weighted by molar-refractivity contribution is 0.0439. The second-order valence-electron chi connectivity index (χ2n) is 7.37. The second-order valence-corrected chi connectivity index (χ2v) is 7.37. The molecule has 1 aliphatic carbocycles. The molecule has 1 unspecified atom stereocenters. The first-order valence-electron chi connectivity index (χ1n) is 9.82. The Kier molecular flexibility index (Phi) is 5.07. The normalized spacial score (nSPS) is 20.3. The molecule has 1 saturated carbocycles. The van der Waals surface area contributed by atoms with E-state index in [2.05, 4.69) is 17.1 Å². The molecule has 138 valence electrons. The summed E-state index contributed by atoms with van der Waals surface area (Å²) in [5, 5.41) is 4.04. The topological polar surface area (TPSA) is 54.5 Å². The number of anilines is 1. The Hall–Kier alpha value is -2.14. The predicted molar refractivity (Wildman–Crippen MR) is 104 cm³/mol. The average molecular weight is 353 g/mol. The summed E-state index contributed by atoms with van der Waals surface area (Å²) in [5.41, 5.74) is 1.61. The summed E-state index contributed by atoms with van der Waals surface area (Å²) < 4.78 is 5.96. The van der Waals surface area contributed by atoms with Gasteiger partial charge < -0.3 is 15.0 Å². The molecule has 0 spiro atoms. The van der Waals surface area contributed by atoms with Gasteiger partial charge in [0, 0.05) is 31.1 Å². The van der Waals surface area contributed by atoms with Crippen molar-refractivity contribution in [1.29, 1.82) is 0 Å². The summed E-state index contributed by atoms with van der Waals surface area (Å²) in [6.45, 7) is 4.74. The monoisotopic (exact) mass is 353 g/mol. The van der Waals surface area contributed by atoms with E-state index < -0.39 is 0 Å². The molecular weight excluding hydrogens is 326 g/mol. The molecule has 5 nitrogen and oxygen atoms in total. The molecule has 2 aliphatic rings. The van der Waals surface area contributed by atoms with Crippen LogP contribution in [0.3, 0.4) is 0 Å². The fraction of sp³-hybridized carbons (Fsp3) is 0.524. The maximum atomic E-state index is 12.8. The van der Waals surface area contributed by atoms with Gasteiger partial charge in [-0.15, -0.1) is 0 Å². The number of ether oxygens (including phenoxy) is 1. The molecule has 26 heavy (non-hydrogen) atoms. The molecule has 1 aliphatic heterocycles. The van der Waals surface area contributed by atoms with Crippen molar-refractivity contribution in [2.24, 2.45) is 0 Å². The third-order valence-electron chi connectivity index (χ3n) is 5.12. The molecule has 1 aromatic carbocycles. The lowest BCUT2D eigenvalue weighted by atomic mass is 10.1. The van der Waals surface area contributed by atoms with Crippen LogP contribution >= 0.6 is 0 Å². The van der Waals surface area contributed by atoms with Gasteiger partial charge in [-0.3, -0.25) is 4.79 Å². The van der Waals surface area contributed by atoms with Crippen LogP contribution in [0.15, 0.2) is 30.3 Å². The molecule has 1 amide bonds. The van der Waals surface area contributed by atoms with Crippen molar-refractivity contribution in [3.63, 3.8) is 0 Å². The summed E-state index contributed by atoms with van der Waals surface area (Å²) in [6, 6.07) is 10.2. The highest BCUT2D eigenvalue weighted by Gasteiger charge is 2.26. The lowest BCUT2D eigenvalue weighted by Gasteiger charge is -2.33. The van der Waals surface area contributed by atoms with Gasteiger partial charge in [0.2, 0.25) is 0 Å². The quantitative estimate of drug-likeness (QED) is 0.863. The van der Waals surface area contributed by atoms with E-state index in [0.29, 0.717) is 6.04 Å². The third-order valence-corrected chi connectivity index (χ3v) is 5.12. The molecular formula is C21H27N3O2. The smallest absolute Gasteiger partial charge is 0.252 e. The number of para-hydroxylation sites is 1. The molecule has 2 fully saturated rings. The van der Waals surface area contributed by atoms with Crippen LogP contribution in [0, 0.1) is 0 Å². The Morgan fingerprint density at radius 2 is 2.15 bits per heavy atom. The molecule has 1 aromatic heterocycles. The highest BCUT2D eigenvalue weighted by Crippen LogP contribution is 2.27. The van der Waals surface area contributed by atoms with Crippen molar-refractivity contribution < 1.29 is 9.53 Å². The average Bonchev–Trinajstić information content (AvgIpc) is 3.49. The Bertz CT molecular complexity index is 788. The predicted octanol–water partition coefficient (Wildman–Crippen LogP) is 3.52. The van der Waals surface area contributed by atoms with Gasteiger partial charge in [-0.25, -0.2) is 4.98 Å². The van der Waals surface area contributed by atoms with Crippen LogP contribution in [0.4, 0.5) is 5.82 Å². The molecule has 1 saturated heterocycles. The van der Waals surface area contributed by atoms with Gasteiger partial charge in [0.25, 0.3) is 5.91 Å². The summed E-state index contributed by atoms with van der Waals surface area (Å²) in [4.78, 5) is 19.9. The number of hydrogen-bond donors (Lipinski definition) is 1. The largest absolute Gasteiger partial charge is 0.376 e. The van der Waals surface area contributed by atoms with Crippen LogP contribution in [-0.4, -0.2) is 42.7 Å². The van der Waals surface area contributed by atoms with Crippen LogP contribution < -0.4 is 10.2 Å². The minimum atomic E-state index is 0.0168. The fourth-order valence-corrected chi connectivity index (χ4v) is 3.57. The molecule has 2 heterocycles. The molecule has 0 bridgehead atoms. The minimum absolute atomic E-state index is 0.0168. The number of fused-ring (bicyclic) bond motifs is 1. The Morgan fingerprint density at radius 1 is 1.31 bits per heavy atom. The number of amides is 1. The van der Waals surface area contributed by atoms with E-state index in [1.165, 1.54) is 0 Å². The van der Waals surface area contributed by atoms with Crippen LogP contribution in [-0.2, 0) is 4.74 Å². The van der Waals surface area contributed by atoms with E-state index in [1.54, 1.807) is 0 Å². The van der Waals surface area contributed by atoms with Crippen LogP contribution in [0.2, 0.25) is 0 Å². The van der Waals surface area contributed by atoms with E-state index in [4.69, 9.17) is 9.72 Å². The van der Waals surface area contributed by atoms with E-state index >= 15 is 0 Å². The van der Waals surface area contributed by atoms with Crippen LogP contribution in [0.25, 0.3) is 10.9 Å². The third kappa shape index (κ3) is 3.83. The standard InChI is InChI=1S/C21H27N3O2/c1-2-12-26-16-6-5-11-24(14-16)20-13-18(21(25)22-15-9-10-15)17-7-3-4-8-19(17)23-20/h3-4,7-8,13,15-16H,2,5-6,9-12,14H2,1H3,(H,22,25). The van der Waals surface area contributed by atoms with Crippen LogP contribution in [0.1, 0.15) is 49.4 Å². The number of rotatable bonds is 6. The summed E-state index contributed by atoms with van der Waals surface area (Å²) in [5.74, 6) is 0.901. The highest BCUT2D eigenvalue weighted by molar-refractivity contribution is 6.07. The van der Waals surface area contributed by atoms with Gasteiger partial charge in [-0.1, -0.05) is 25.1 Å². The van der Waals surface area contributed by atoms with Gasteiger partial charge in [0.15, 0.2) is 0 Å². The zero-order valence-corrected chi connectivity index (χ0v) is 15.4. The first-order chi connectivity index (χ1) is 12.7. The number of carbonyl (C=O) groups is 1. The first-order valence-corrected chi connectivity index (χ1v) is 9.82. The number of pyridine rings is 1. The summed E-state index contributed by atoms with van der Waals surface area (Å²) in [6.07, 6.45) is 5.65. The first kappa shape index (κ1) is 17.3. The number of carbonyl (C=O) groups excluding carboxylic acids is 1. The van der Waals surface area contributed by atoms with Crippen LogP contribution in [0.5, 0.6) is 0 Å². The van der Waals surface area contributed by atoms with E-state index in [-0.39, 0.29) is 12.0 Å². The van der Waals surface area contributed by atoms with Crippen molar-refractivity contribution >= 4 is 22.6 Å². The zero-order chi connectivity index (χ0) is 17.9. The van der Waals surface area contributed by atoms with Gasteiger partial charge in [0.1, 0.15) is 5.82 Å². The van der Waals surface area contributed by atoms with Gasteiger partial charge >= 0.3 is 0 Å². The fourth-order valence-electron chi connectivity index (χ4n) is 3.57. The van der Waals surface area contributed by atoms with Gasteiger partial charge in [0.05, 0.1) is 17.2 Å². The van der Waals surface area contributed by atoms with Crippen molar-refractivity contribution in [1.82, 2.24) is 10.3 Å². The number of hydrogen-bond acceptors (Lipinski definition) is 4. The van der Waals surface area contributed by atoms with Gasteiger partial charge in [-0.2, -0.15) is 0 Å². The Labute approximate surface area is 154 Å². The van der Waals surface area contributed by atoms with E-state index in [0.717, 1.165) is 74.1 Å². The molecule has 4 rings (SSSR count). The molecule has 1 atom stereocenters. The zero-order valence-electron chi connectivity index (χ0n) is 15.4. The molecule has 0 radical (unpaired) electrons. The molecule has 1 N–H and O–H groups in total. The molecule has 5 heteroatoms. The number of nitrogens with zero attached hydrogens (tertiary/aromatic N) is 2. The Balaban J connectivity index is 1.63. The van der Waals surface area contributed by atoms with Crippen molar-refractivity contribution in [3.8, 4) is 0 Å². The Morgan fingerprint density at radius 3 is 2.96 bits per heavy atom. The van der Waals surface area contributed by atoms with Gasteiger partial charge in [-0.05, 0) is 44.2 Å². The van der Waals surface area contributed by atoms with Crippen molar-refractivity contribution in [2.75, 3.05) is 24.6 Å². The number of aromatic nitrogens is 1. The van der Waals surface area contributed by atoms with E-state index in [1.807, 2.05) is 30.3 Å². The SMILES string of the molecule is CCCOC1CCCN(c2cc(C(=O)NC3CC3)c3ccccc3n2)C1. The van der Waals surface area contributed by atoms with E-state index in [9.17, 15) is 4.79 Å². The van der Waals surface area contributed by atoms with Crippen molar-refractivity contribution in [3.05, 3.63) is 35.9 Å². The van der Waals surface area contributed by atoms with Crippen molar-refractivity contribution in [2.45, 2.75) is 51.2 Å². The number of nitrogens with one attached hydrogen (secondary N) is 1. The lowest BCUT2D eigenvalue weighted by Crippen LogP contribution is -2.40.